The maximum Gasteiger partial charge on any atom is 0.243 e. The molecule has 0 atom stereocenters. The highest BCUT2D eigenvalue weighted by Crippen LogP contribution is 2.25. The predicted octanol–water partition coefficient (Wildman–Crippen LogP) is 1.74. The Morgan fingerprint density at radius 2 is 1.64 bits per heavy atom. The molecule has 0 heterocycles. The predicted molar refractivity (Wildman–Crippen MR) is 76.4 cm³/mol. The molecule has 1 amide bonds. The lowest BCUT2D eigenvalue weighted by molar-refractivity contribution is -0.129. The second-order valence-electron chi connectivity index (χ2n) is 4.53. The lowest BCUT2D eigenvalue weighted by Crippen LogP contribution is -2.43. The molecule has 124 valence electrons. The molecule has 0 unspecified atom stereocenters. The molecule has 0 spiro atoms. The molecule has 0 saturated heterocycles. The standard InChI is InChI=1S/C13H17F3N2O3S/c1-4-17(5-2)11(19)8-18(22(3,20)21)10-7-6-9(14)12(15)13(10)16/h6-7H,4-5,8H2,1-3H3. The van der Waals surface area contributed by atoms with Crippen molar-refractivity contribution in [3.63, 3.8) is 0 Å². The molecule has 1 aromatic carbocycles. The van der Waals surface area contributed by atoms with Crippen LogP contribution >= 0.6 is 0 Å². The van der Waals surface area contributed by atoms with Crippen LogP contribution in [0.4, 0.5) is 18.9 Å². The van der Waals surface area contributed by atoms with Crippen LogP contribution in [0.3, 0.4) is 0 Å². The zero-order valence-electron chi connectivity index (χ0n) is 12.4. The van der Waals surface area contributed by atoms with Crippen molar-refractivity contribution in [2.45, 2.75) is 13.8 Å². The largest absolute Gasteiger partial charge is 0.342 e. The number of hydrogen-bond donors (Lipinski definition) is 0. The fraction of sp³-hybridized carbons (Fsp3) is 0.462. The molecule has 5 nitrogen and oxygen atoms in total. The smallest absolute Gasteiger partial charge is 0.243 e. The van der Waals surface area contributed by atoms with E-state index in [0.717, 1.165) is 12.3 Å². The van der Waals surface area contributed by atoms with Crippen molar-refractivity contribution in [1.29, 1.82) is 0 Å². The SMILES string of the molecule is CCN(CC)C(=O)CN(c1ccc(F)c(F)c1F)S(C)(=O)=O. The molecule has 9 heteroatoms. The van der Waals surface area contributed by atoms with Crippen molar-refractivity contribution < 1.29 is 26.4 Å². The molecule has 0 fully saturated rings. The first-order chi connectivity index (χ1) is 10.1. The Bertz CT molecular complexity index is 661. The van der Waals surface area contributed by atoms with Crippen LogP contribution in [0.2, 0.25) is 0 Å². The second-order valence-corrected chi connectivity index (χ2v) is 6.44. The van der Waals surface area contributed by atoms with E-state index >= 15 is 0 Å². The van der Waals surface area contributed by atoms with Crippen molar-refractivity contribution in [2.75, 3.05) is 30.2 Å². The molecule has 0 saturated carbocycles. The van der Waals surface area contributed by atoms with Gasteiger partial charge < -0.3 is 4.90 Å². The third kappa shape index (κ3) is 3.90. The summed E-state index contributed by atoms with van der Waals surface area (Å²) in [5.74, 6) is -5.46. The molecule has 0 aromatic heterocycles. The first-order valence-corrected chi connectivity index (χ1v) is 8.37. The van der Waals surface area contributed by atoms with Gasteiger partial charge in [0.15, 0.2) is 17.5 Å². The highest BCUT2D eigenvalue weighted by molar-refractivity contribution is 7.92. The molecule has 0 aliphatic heterocycles. The molecule has 22 heavy (non-hydrogen) atoms. The maximum atomic E-state index is 13.8. The van der Waals surface area contributed by atoms with Gasteiger partial charge in [-0.1, -0.05) is 0 Å². The van der Waals surface area contributed by atoms with E-state index < -0.39 is 45.6 Å². The minimum Gasteiger partial charge on any atom is -0.342 e. The van der Waals surface area contributed by atoms with Crippen LogP contribution in [0.5, 0.6) is 0 Å². The Balaban J connectivity index is 3.27. The molecule has 0 radical (unpaired) electrons. The van der Waals surface area contributed by atoms with E-state index in [0.29, 0.717) is 23.5 Å². The highest BCUT2D eigenvalue weighted by atomic mass is 32.2. The quantitative estimate of drug-likeness (QED) is 0.743. The van der Waals surface area contributed by atoms with Gasteiger partial charge in [-0.25, -0.2) is 21.6 Å². The summed E-state index contributed by atoms with van der Waals surface area (Å²) < 4.78 is 64.1. The number of amides is 1. The summed E-state index contributed by atoms with van der Waals surface area (Å²) in [6.07, 6.45) is 0.753. The van der Waals surface area contributed by atoms with Gasteiger partial charge in [-0.3, -0.25) is 9.10 Å². The van der Waals surface area contributed by atoms with E-state index in [1.807, 2.05) is 0 Å². The molecular weight excluding hydrogens is 321 g/mol. The Hall–Kier alpha value is -1.77. The number of nitrogens with zero attached hydrogens (tertiary/aromatic N) is 2. The van der Waals surface area contributed by atoms with Gasteiger partial charge in [0.1, 0.15) is 6.54 Å². The summed E-state index contributed by atoms with van der Waals surface area (Å²) in [4.78, 5) is 13.4. The molecule has 1 aromatic rings. The Kier molecular flexibility index (Phi) is 5.81. The van der Waals surface area contributed by atoms with E-state index in [2.05, 4.69) is 0 Å². The number of rotatable bonds is 6. The van der Waals surface area contributed by atoms with E-state index in [4.69, 9.17) is 0 Å². The van der Waals surface area contributed by atoms with Crippen molar-refractivity contribution in [3.8, 4) is 0 Å². The molecule has 0 aliphatic rings. The van der Waals surface area contributed by atoms with Crippen LogP contribution in [0.1, 0.15) is 13.8 Å². The topological polar surface area (TPSA) is 57.7 Å². The molecular formula is C13H17F3N2O3S. The van der Waals surface area contributed by atoms with Gasteiger partial charge in [0.25, 0.3) is 0 Å². The Morgan fingerprint density at radius 1 is 1.09 bits per heavy atom. The lowest BCUT2D eigenvalue weighted by atomic mass is 10.2. The third-order valence-electron chi connectivity index (χ3n) is 3.08. The molecule has 0 bridgehead atoms. The molecule has 0 N–H and O–H groups in total. The van der Waals surface area contributed by atoms with Crippen LogP contribution in [0.15, 0.2) is 12.1 Å². The van der Waals surface area contributed by atoms with E-state index in [1.54, 1.807) is 13.8 Å². The zero-order valence-corrected chi connectivity index (χ0v) is 13.3. The van der Waals surface area contributed by atoms with Crippen molar-refractivity contribution in [2.24, 2.45) is 0 Å². The molecule has 1 rings (SSSR count). The van der Waals surface area contributed by atoms with Gasteiger partial charge in [-0.05, 0) is 26.0 Å². The van der Waals surface area contributed by atoms with Crippen LogP contribution < -0.4 is 4.31 Å². The van der Waals surface area contributed by atoms with Gasteiger partial charge in [0.2, 0.25) is 15.9 Å². The summed E-state index contributed by atoms with van der Waals surface area (Å²) in [5, 5.41) is 0. The summed E-state index contributed by atoms with van der Waals surface area (Å²) in [6.45, 7) is 3.39. The summed E-state index contributed by atoms with van der Waals surface area (Å²) in [7, 11) is -4.06. The number of likely N-dealkylation sites (N-methyl/N-ethyl adjacent to an activating group) is 1. The third-order valence-corrected chi connectivity index (χ3v) is 4.21. The first kappa shape index (κ1) is 18.3. The van der Waals surface area contributed by atoms with Crippen LogP contribution in [-0.4, -0.2) is 45.1 Å². The highest BCUT2D eigenvalue weighted by Gasteiger charge is 2.27. The number of halogens is 3. The van der Waals surface area contributed by atoms with Gasteiger partial charge in [0, 0.05) is 13.1 Å². The number of hydrogen-bond acceptors (Lipinski definition) is 3. The Labute approximate surface area is 127 Å². The van der Waals surface area contributed by atoms with Crippen LogP contribution in [0, 0.1) is 17.5 Å². The van der Waals surface area contributed by atoms with Gasteiger partial charge in [-0.2, -0.15) is 0 Å². The second kappa shape index (κ2) is 6.99. The van der Waals surface area contributed by atoms with Gasteiger partial charge in [-0.15, -0.1) is 0 Å². The number of carbonyl (C=O) groups is 1. The maximum absolute atomic E-state index is 13.8. The van der Waals surface area contributed by atoms with Crippen molar-refractivity contribution in [1.82, 2.24) is 4.90 Å². The molecule has 0 aliphatic carbocycles. The number of anilines is 1. The van der Waals surface area contributed by atoms with Crippen LogP contribution in [-0.2, 0) is 14.8 Å². The van der Waals surface area contributed by atoms with E-state index in [1.165, 1.54) is 4.90 Å². The number of sulfonamides is 1. The average Bonchev–Trinajstić information content (AvgIpc) is 2.43. The Morgan fingerprint density at radius 3 is 2.09 bits per heavy atom. The summed E-state index contributed by atoms with van der Waals surface area (Å²) >= 11 is 0. The summed E-state index contributed by atoms with van der Waals surface area (Å²) in [5.41, 5.74) is -0.707. The lowest BCUT2D eigenvalue weighted by Gasteiger charge is -2.26. The van der Waals surface area contributed by atoms with E-state index in [-0.39, 0.29) is 0 Å². The monoisotopic (exact) mass is 338 g/mol. The minimum absolute atomic E-state index is 0.340. The van der Waals surface area contributed by atoms with Crippen molar-refractivity contribution in [3.05, 3.63) is 29.6 Å². The number of carbonyl (C=O) groups excluding carboxylic acids is 1. The summed E-state index contributed by atoms with van der Waals surface area (Å²) in [6, 6.07) is 1.39. The minimum atomic E-state index is -4.06. The van der Waals surface area contributed by atoms with Gasteiger partial charge in [0.05, 0.1) is 11.9 Å². The number of benzene rings is 1. The first-order valence-electron chi connectivity index (χ1n) is 6.52. The van der Waals surface area contributed by atoms with E-state index in [9.17, 15) is 26.4 Å². The van der Waals surface area contributed by atoms with Gasteiger partial charge >= 0.3 is 0 Å². The fourth-order valence-electron chi connectivity index (χ4n) is 1.89. The van der Waals surface area contributed by atoms with Crippen molar-refractivity contribution >= 4 is 21.6 Å². The van der Waals surface area contributed by atoms with Crippen LogP contribution in [0.25, 0.3) is 0 Å². The fourth-order valence-corrected chi connectivity index (χ4v) is 2.73. The average molecular weight is 338 g/mol. The normalized spacial score (nSPS) is 11.4. The zero-order chi connectivity index (χ0) is 17.1.